The van der Waals surface area contributed by atoms with Gasteiger partial charge < -0.3 is 11.1 Å². The zero-order chi connectivity index (χ0) is 15.4. The molecular formula is C17H21N3O. The maximum atomic E-state index is 12.4. The Bertz CT molecular complexity index is 652. The predicted octanol–water partition coefficient (Wildman–Crippen LogP) is 3.03. The highest BCUT2D eigenvalue weighted by molar-refractivity contribution is 5.95. The van der Waals surface area contributed by atoms with Gasteiger partial charge in [0, 0.05) is 11.3 Å². The summed E-state index contributed by atoms with van der Waals surface area (Å²) < 4.78 is 0. The average molecular weight is 283 g/mol. The summed E-state index contributed by atoms with van der Waals surface area (Å²) in [6.45, 7) is 6.00. The van der Waals surface area contributed by atoms with E-state index in [1.54, 1.807) is 12.1 Å². The molecule has 21 heavy (non-hydrogen) atoms. The molecule has 0 radical (unpaired) electrons. The number of nitrogens with one attached hydrogen (secondary N) is 1. The van der Waals surface area contributed by atoms with Gasteiger partial charge in [-0.05, 0) is 43.5 Å². The summed E-state index contributed by atoms with van der Waals surface area (Å²) >= 11 is 0. The van der Waals surface area contributed by atoms with Gasteiger partial charge in [-0.3, -0.25) is 4.79 Å². The number of pyridine rings is 1. The predicted molar refractivity (Wildman–Crippen MR) is 85.1 cm³/mol. The third-order valence-electron chi connectivity index (χ3n) is 3.53. The fourth-order valence-corrected chi connectivity index (χ4v) is 2.35. The van der Waals surface area contributed by atoms with Crippen molar-refractivity contribution in [2.24, 2.45) is 0 Å². The molecule has 0 aliphatic carbocycles. The Balaban J connectivity index is 2.18. The zero-order valence-electron chi connectivity index (χ0n) is 12.7. The van der Waals surface area contributed by atoms with Crippen molar-refractivity contribution in [2.45, 2.75) is 33.2 Å². The van der Waals surface area contributed by atoms with E-state index in [9.17, 15) is 4.79 Å². The number of amides is 1. The number of nitrogens with two attached hydrogens (primary N) is 1. The fourth-order valence-electron chi connectivity index (χ4n) is 2.35. The number of rotatable bonds is 4. The number of carbonyl (C=O) groups is 1. The molecule has 0 saturated carbocycles. The largest absolute Gasteiger partial charge is 0.384 e. The van der Waals surface area contributed by atoms with Crippen molar-refractivity contribution >= 4 is 11.7 Å². The Morgan fingerprint density at radius 2 is 2.05 bits per heavy atom. The summed E-state index contributed by atoms with van der Waals surface area (Å²) in [5.41, 5.74) is 9.40. The molecule has 0 aliphatic rings. The van der Waals surface area contributed by atoms with Crippen LogP contribution < -0.4 is 11.1 Å². The zero-order valence-corrected chi connectivity index (χ0v) is 12.7. The first-order valence-corrected chi connectivity index (χ1v) is 7.14. The number of aromatic nitrogens is 1. The molecule has 1 atom stereocenters. The lowest BCUT2D eigenvalue weighted by atomic mass is 10.0. The maximum absolute atomic E-state index is 12.4. The summed E-state index contributed by atoms with van der Waals surface area (Å²) in [6, 6.07) is 11.4. The molecule has 1 unspecified atom stereocenters. The second kappa shape index (κ2) is 6.39. The van der Waals surface area contributed by atoms with Crippen molar-refractivity contribution < 1.29 is 4.79 Å². The number of aryl methyl sites for hydroxylation is 2. The molecule has 110 valence electrons. The lowest BCUT2D eigenvalue weighted by molar-refractivity contribution is 0.0939. The van der Waals surface area contributed by atoms with E-state index in [-0.39, 0.29) is 11.9 Å². The highest BCUT2D eigenvalue weighted by Crippen LogP contribution is 2.18. The number of nitrogen functional groups attached to an aromatic ring is 1. The van der Waals surface area contributed by atoms with Crippen LogP contribution in [-0.4, -0.2) is 10.9 Å². The summed E-state index contributed by atoms with van der Waals surface area (Å²) in [6.07, 6.45) is 0.749. The van der Waals surface area contributed by atoms with Crippen LogP contribution in [-0.2, 0) is 6.42 Å². The van der Waals surface area contributed by atoms with E-state index in [1.165, 1.54) is 0 Å². The van der Waals surface area contributed by atoms with Crippen molar-refractivity contribution in [3.05, 3.63) is 58.8 Å². The number of hydrogen-bond donors (Lipinski definition) is 2. The Labute approximate surface area is 125 Å². The highest BCUT2D eigenvalue weighted by Gasteiger charge is 2.14. The van der Waals surface area contributed by atoms with Gasteiger partial charge in [0.1, 0.15) is 5.82 Å². The van der Waals surface area contributed by atoms with E-state index in [1.807, 2.05) is 45.0 Å². The maximum Gasteiger partial charge on any atom is 0.251 e. The van der Waals surface area contributed by atoms with Gasteiger partial charge in [0.25, 0.3) is 5.91 Å². The molecule has 4 nitrogen and oxygen atoms in total. The molecule has 1 aromatic carbocycles. The smallest absolute Gasteiger partial charge is 0.251 e. The summed E-state index contributed by atoms with van der Waals surface area (Å²) in [5, 5.41) is 3.01. The van der Waals surface area contributed by atoms with Crippen molar-refractivity contribution in [3.63, 3.8) is 0 Å². The molecule has 0 aliphatic heterocycles. The first kappa shape index (κ1) is 15.0. The summed E-state index contributed by atoms with van der Waals surface area (Å²) in [7, 11) is 0. The first-order chi connectivity index (χ1) is 10.0. The molecule has 4 heteroatoms. The van der Waals surface area contributed by atoms with Crippen molar-refractivity contribution in [2.75, 3.05) is 5.73 Å². The van der Waals surface area contributed by atoms with E-state index in [2.05, 4.69) is 10.3 Å². The van der Waals surface area contributed by atoms with Crippen LogP contribution in [0.2, 0.25) is 0 Å². The molecule has 1 heterocycles. The van der Waals surface area contributed by atoms with Crippen LogP contribution in [0.25, 0.3) is 0 Å². The number of nitrogens with zero attached hydrogens (tertiary/aromatic N) is 1. The molecule has 1 aromatic heterocycles. The minimum absolute atomic E-state index is 0.0573. The molecule has 0 fully saturated rings. The van der Waals surface area contributed by atoms with E-state index < -0.39 is 0 Å². The number of hydrogen-bond acceptors (Lipinski definition) is 3. The Kier molecular flexibility index (Phi) is 4.58. The number of anilines is 1. The molecule has 0 bridgehead atoms. The molecule has 0 saturated heterocycles. The van der Waals surface area contributed by atoms with E-state index in [4.69, 9.17) is 5.73 Å². The highest BCUT2D eigenvalue weighted by atomic mass is 16.1. The minimum atomic E-state index is -0.130. The van der Waals surface area contributed by atoms with Gasteiger partial charge in [0.2, 0.25) is 0 Å². The molecule has 3 N–H and O–H groups in total. The third kappa shape index (κ3) is 3.60. The Morgan fingerprint density at radius 1 is 1.33 bits per heavy atom. The third-order valence-corrected chi connectivity index (χ3v) is 3.53. The van der Waals surface area contributed by atoms with Gasteiger partial charge in [0.05, 0.1) is 6.04 Å². The summed E-state index contributed by atoms with van der Waals surface area (Å²) in [4.78, 5) is 16.5. The standard InChI is InChI=1S/C17H21N3O/c1-4-14-9-13(10-16(18)20-14)17(21)19-12(3)15-8-6-5-7-11(15)2/h5-10,12H,4H2,1-3H3,(H2,18,20)(H,19,21). The van der Waals surface area contributed by atoms with Crippen LogP contribution in [0.4, 0.5) is 5.82 Å². The minimum Gasteiger partial charge on any atom is -0.384 e. The molecule has 2 rings (SSSR count). The van der Waals surface area contributed by atoms with Gasteiger partial charge in [-0.2, -0.15) is 0 Å². The van der Waals surface area contributed by atoms with Crippen LogP contribution >= 0.6 is 0 Å². The number of benzene rings is 1. The van der Waals surface area contributed by atoms with Gasteiger partial charge in [-0.25, -0.2) is 4.98 Å². The molecule has 0 spiro atoms. The van der Waals surface area contributed by atoms with Gasteiger partial charge in [0.15, 0.2) is 0 Å². The second-order valence-electron chi connectivity index (χ2n) is 5.18. The van der Waals surface area contributed by atoms with Crippen LogP contribution in [0.3, 0.4) is 0 Å². The lowest BCUT2D eigenvalue weighted by Gasteiger charge is -2.17. The van der Waals surface area contributed by atoms with Gasteiger partial charge in [-0.15, -0.1) is 0 Å². The Morgan fingerprint density at radius 3 is 2.71 bits per heavy atom. The van der Waals surface area contributed by atoms with Crippen molar-refractivity contribution in [1.82, 2.24) is 10.3 Å². The quantitative estimate of drug-likeness (QED) is 0.906. The van der Waals surface area contributed by atoms with E-state index >= 15 is 0 Å². The van der Waals surface area contributed by atoms with Crippen molar-refractivity contribution in [1.29, 1.82) is 0 Å². The lowest BCUT2D eigenvalue weighted by Crippen LogP contribution is -2.27. The van der Waals surface area contributed by atoms with Crippen LogP contribution in [0, 0.1) is 6.92 Å². The molecular weight excluding hydrogens is 262 g/mol. The normalized spacial score (nSPS) is 12.0. The van der Waals surface area contributed by atoms with Crippen LogP contribution in [0.15, 0.2) is 36.4 Å². The molecule has 2 aromatic rings. The average Bonchev–Trinajstić information content (AvgIpc) is 2.46. The van der Waals surface area contributed by atoms with E-state index in [0.717, 1.165) is 23.2 Å². The Hall–Kier alpha value is -2.36. The molecule has 1 amide bonds. The van der Waals surface area contributed by atoms with Crippen molar-refractivity contribution in [3.8, 4) is 0 Å². The van der Waals surface area contributed by atoms with Crippen LogP contribution in [0.5, 0.6) is 0 Å². The van der Waals surface area contributed by atoms with Gasteiger partial charge in [-0.1, -0.05) is 31.2 Å². The number of carbonyl (C=O) groups excluding carboxylic acids is 1. The monoisotopic (exact) mass is 283 g/mol. The SMILES string of the molecule is CCc1cc(C(=O)NC(C)c2ccccc2C)cc(N)n1. The van der Waals surface area contributed by atoms with Crippen LogP contribution in [0.1, 0.15) is 47.1 Å². The topological polar surface area (TPSA) is 68.0 Å². The van der Waals surface area contributed by atoms with E-state index in [0.29, 0.717) is 11.4 Å². The van der Waals surface area contributed by atoms with Gasteiger partial charge >= 0.3 is 0 Å². The fraction of sp³-hybridized carbons (Fsp3) is 0.294. The second-order valence-corrected chi connectivity index (χ2v) is 5.18. The summed E-state index contributed by atoms with van der Waals surface area (Å²) in [5.74, 6) is 0.248. The first-order valence-electron chi connectivity index (χ1n) is 7.14.